The number of amides is 1. The molecule has 2 saturated carbocycles. The lowest BCUT2D eigenvalue weighted by atomic mass is 10.00. The number of nitrogens with one attached hydrogen (secondary N) is 1. The van der Waals surface area contributed by atoms with Gasteiger partial charge in [-0.25, -0.2) is 0 Å². The zero-order chi connectivity index (χ0) is 17.3. The Morgan fingerprint density at radius 2 is 2.04 bits per heavy atom. The minimum Gasteiger partial charge on any atom is -0.480 e. The molecule has 0 heterocycles. The van der Waals surface area contributed by atoms with Crippen molar-refractivity contribution in [3.63, 3.8) is 0 Å². The van der Waals surface area contributed by atoms with Crippen LogP contribution in [-0.4, -0.2) is 51.8 Å². The van der Waals surface area contributed by atoms with Gasteiger partial charge in [-0.05, 0) is 25.7 Å². The smallest absolute Gasteiger partial charge is 0.320 e. The topological polar surface area (TPSA) is 147 Å². The van der Waals surface area contributed by atoms with Crippen LogP contribution in [0.4, 0.5) is 0 Å². The Morgan fingerprint density at radius 1 is 1.39 bits per heavy atom. The molecular formula is C15H22N2O6. The van der Waals surface area contributed by atoms with Gasteiger partial charge in [0.25, 0.3) is 0 Å². The molecule has 6 unspecified atom stereocenters. The number of aliphatic hydroxyl groups excluding tert-OH is 1. The largest absolute Gasteiger partial charge is 0.480 e. The number of ketones is 2. The highest BCUT2D eigenvalue weighted by molar-refractivity contribution is 5.99. The van der Waals surface area contributed by atoms with E-state index in [1.165, 1.54) is 6.92 Å². The van der Waals surface area contributed by atoms with Crippen molar-refractivity contribution in [3.05, 3.63) is 0 Å². The van der Waals surface area contributed by atoms with E-state index in [-0.39, 0.29) is 29.3 Å². The van der Waals surface area contributed by atoms with E-state index < -0.39 is 36.5 Å². The normalized spacial score (nSPS) is 29.9. The minimum atomic E-state index is -1.60. The van der Waals surface area contributed by atoms with Crippen molar-refractivity contribution in [1.82, 2.24) is 5.32 Å². The van der Waals surface area contributed by atoms with Crippen molar-refractivity contribution in [2.24, 2.45) is 23.5 Å². The number of carboxylic acids is 1. The van der Waals surface area contributed by atoms with Crippen molar-refractivity contribution in [3.8, 4) is 0 Å². The Kier molecular flexibility index (Phi) is 5.16. The molecule has 128 valence electrons. The molecule has 0 aliphatic heterocycles. The number of fused-ring (bicyclic) bond motifs is 1. The van der Waals surface area contributed by atoms with Crippen LogP contribution in [0.25, 0.3) is 0 Å². The van der Waals surface area contributed by atoms with Crippen LogP contribution in [-0.2, 0) is 19.2 Å². The van der Waals surface area contributed by atoms with Gasteiger partial charge in [-0.15, -0.1) is 0 Å². The SMILES string of the molecule is CC(NC(=O)C(O)CC(N)C(=O)O)C(=O)C1C2CCCC(=O)C21. The van der Waals surface area contributed by atoms with Crippen molar-refractivity contribution < 1.29 is 29.4 Å². The third-order valence-corrected chi connectivity index (χ3v) is 4.71. The van der Waals surface area contributed by atoms with Gasteiger partial charge in [0.1, 0.15) is 17.9 Å². The van der Waals surface area contributed by atoms with Crippen LogP contribution in [0.15, 0.2) is 0 Å². The number of Topliss-reactive ketones (excluding diaryl/α,β-unsaturated/α-hetero) is 2. The van der Waals surface area contributed by atoms with Gasteiger partial charge in [0.05, 0.1) is 6.04 Å². The molecule has 8 heteroatoms. The van der Waals surface area contributed by atoms with Crippen LogP contribution in [0.5, 0.6) is 0 Å². The lowest BCUT2D eigenvalue weighted by Gasteiger charge is -2.17. The van der Waals surface area contributed by atoms with Crippen LogP contribution in [0.1, 0.15) is 32.6 Å². The van der Waals surface area contributed by atoms with Gasteiger partial charge in [-0.2, -0.15) is 0 Å². The zero-order valence-corrected chi connectivity index (χ0v) is 12.9. The van der Waals surface area contributed by atoms with E-state index >= 15 is 0 Å². The molecule has 2 rings (SSSR count). The molecular weight excluding hydrogens is 304 g/mol. The Balaban J connectivity index is 1.85. The number of hydrogen-bond donors (Lipinski definition) is 4. The van der Waals surface area contributed by atoms with Crippen molar-refractivity contribution in [2.45, 2.75) is 50.8 Å². The number of aliphatic carboxylic acids is 1. The van der Waals surface area contributed by atoms with Crippen LogP contribution in [0.2, 0.25) is 0 Å². The monoisotopic (exact) mass is 326 g/mol. The lowest BCUT2D eigenvalue weighted by molar-refractivity contribution is -0.140. The molecule has 0 saturated heterocycles. The summed E-state index contributed by atoms with van der Waals surface area (Å²) in [5, 5.41) is 20.7. The fourth-order valence-electron chi connectivity index (χ4n) is 3.36. The minimum absolute atomic E-state index is 0.0912. The summed E-state index contributed by atoms with van der Waals surface area (Å²) >= 11 is 0. The fourth-order valence-corrected chi connectivity index (χ4v) is 3.36. The molecule has 0 bridgehead atoms. The molecule has 23 heavy (non-hydrogen) atoms. The average Bonchev–Trinajstić information content (AvgIpc) is 3.21. The van der Waals surface area contributed by atoms with Crippen LogP contribution < -0.4 is 11.1 Å². The van der Waals surface area contributed by atoms with Gasteiger partial charge < -0.3 is 21.3 Å². The maximum Gasteiger partial charge on any atom is 0.320 e. The highest BCUT2D eigenvalue weighted by atomic mass is 16.4. The lowest BCUT2D eigenvalue weighted by Crippen LogP contribution is -2.47. The maximum atomic E-state index is 12.3. The predicted molar refractivity (Wildman–Crippen MR) is 78.2 cm³/mol. The number of hydrogen-bond acceptors (Lipinski definition) is 6. The fraction of sp³-hybridized carbons (Fsp3) is 0.733. The Hall–Kier alpha value is -1.80. The van der Waals surface area contributed by atoms with Crippen LogP contribution in [0.3, 0.4) is 0 Å². The molecule has 8 nitrogen and oxygen atoms in total. The van der Waals surface area contributed by atoms with Crippen LogP contribution in [0, 0.1) is 17.8 Å². The Bertz CT molecular complexity index is 534. The van der Waals surface area contributed by atoms with Gasteiger partial charge in [0.15, 0.2) is 5.78 Å². The first kappa shape index (κ1) is 17.6. The first-order valence-corrected chi connectivity index (χ1v) is 7.77. The average molecular weight is 326 g/mol. The quantitative estimate of drug-likeness (QED) is 0.461. The van der Waals surface area contributed by atoms with E-state index in [9.17, 15) is 24.3 Å². The van der Waals surface area contributed by atoms with Gasteiger partial charge >= 0.3 is 5.97 Å². The van der Waals surface area contributed by atoms with E-state index in [2.05, 4.69) is 5.32 Å². The number of carboxylic acid groups (broad SMARTS) is 1. The van der Waals surface area contributed by atoms with E-state index in [4.69, 9.17) is 10.8 Å². The molecule has 0 aromatic carbocycles. The maximum absolute atomic E-state index is 12.3. The summed E-state index contributed by atoms with van der Waals surface area (Å²) in [7, 11) is 0. The summed E-state index contributed by atoms with van der Waals surface area (Å²) in [6, 6.07) is -2.19. The number of nitrogens with two attached hydrogens (primary N) is 1. The van der Waals surface area contributed by atoms with E-state index in [0.717, 1.165) is 12.8 Å². The van der Waals surface area contributed by atoms with Crippen molar-refractivity contribution in [1.29, 1.82) is 0 Å². The molecule has 0 spiro atoms. The summed E-state index contributed by atoms with van der Waals surface area (Å²) in [6.07, 6.45) is 0.131. The molecule has 6 atom stereocenters. The van der Waals surface area contributed by atoms with Gasteiger partial charge in [-0.1, -0.05) is 0 Å². The summed E-state index contributed by atoms with van der Waals surface area (Å²) in [5.41, 5.74) is 5.25. The summed E-state index contributed by atoms with van der Waals surface area (Å²) < 4.78 is 0. The Morgan fingerprint density at radius 3 is 2.61 bits per heavy atom. The van der Waals surface area contributed by atoms with Crippen LogP contribution >= 0.6 is 0 Å². The molecule has 5 N–H and O–H groups in total. The first-order chi connectivity index (χ1) is 10.7. The highest BCUT2D eigenvalue weighted by Crippen LogP contribution is 2.54. The number of carbonyl (C=O) groups is 4. The van der Waals surface area contributed by atoms with E-state index in [1.807, 2.05) is 0 Å². The van der Waals surface area contributed by atoms with Crippen molar-refractivity contribution >= 4 is 23.4 Å². The van der Waals surface area contributed by atoms with Gasteiger partial charge in [0, 0.05) is 24.7 Å². The first-order valence-electron chi connectivity index (χ1n) is 7.77. The van der Waals surface area contributed by atoms with E-state index in [0.29, 0.717) is 6.42 Å². The standard InChI is InChI=1S/C15H22N2O6/c1-6(17-14(21)10(19)5-8(16)15(22)23)13(20)12-7-3-2-4-9(18)11(7)12/h6-8,10-12,19H,2-5,16H2,1H3,(H,17,21)(H,22,23). The third kappa shape index (κ3) is 3.76. The molecule has 2 aliphatic carbocycles. The second kappa shape index (κ2) is 6.76. The summed E-state index contributed by atoms with van der Waals surface area (Å²) in [5.74, 6) is -2.70. The van der Waals surface area contributed by atoms with Gasteiger partial charge in [-0.3, -0.25) is 19.2 Å². The molecule has 2 aliphatic rings. The molecule has 0 aromatic rings. The summed E-state index contributed by atoms with van der Waals surface area (Å²) in [4.78, 5) is 46.5. The van der Waals surface area contributed by atoms with E-state index in [1.54, 1.807) is 0 Å². The third-order valence-electron chi connectivity index (χ3n) is 4.71. The highest BCUT2D eigenvalue weighted by Gasteiger charge is 2.59. The molecule has 0 radical (unpaired) electrons. The Labute approximate surface area is 133 Å². The number of aliphatic hydroxyl groups is 1. The predicted octanol–water partition coefficient (Wildman–Crippen LogP) is -1.16. The number of carbonyl (C=O) groups excluding carboxylic acids is 3. The van der Waals surface area contributed by atoms with Gasteiger partial charge in [0.2, 0.25) is 5.91 Å². The van der Waals surface area contributed by atoms with Crippen molar-refractivity contribution in [2.75, 3.05) is 0 Å². The zero-order valence-electron chi connectivity index (χ0n) is 12.9. The number of rotatable bonds is 7. The summed E-state index contributed by atoms with van der Waals surface area (Å²) in [6.45, 7) is 1.50. The molecule has 0 aromatic heterocycles. The molecule has 2 fully saturated rings. The second-order valence-corrected chi connectivity index (χ2v) is 6.40. The molecule has 1 amide bonds. The second-order valence-electron chi connectivity index (χ2n) is 6.40.